The minimum Gasteiger partial charge on any atom is -0.305 e. The van der Waals surface area contributed by atoms with Crippen LogP contribution >= 0.6 is 0 Å². The molecule has 0 spiro atoms. The van der Waals surface area contributed by atoms with E-state index in [-0.39, 0.29) is 5.56 Å². The van der Waals surface area contributed by atoms with E-state index in [0.29, 0.717) is 12.4 Å². The highest BCUT2D eigenvalue weighted by Gasteiger charge is 2.23. The van der Waals surface area contributed by atoms with E-state index in [1.54, 1.807) is 0 Å². The monoisotopic (exact) mass is 354 g/mol. The van der Waals surface area contributed by atoms with Crippen LogP contribution in [0.15, 0.2) is 16.0 Å². The zero-order valence-corrected chi connectivity index (χ0v) is 15.6. The van der Waals surface area contributed by atoms with Gasteiger partial charge in [-0.05, 0) is 33.1 Å². The molecule has 2 aliphatic rings. The largest absolute Gasteiger partial charge is 0.305 e. The van der Waals surface area contributed by atoms with Gasteiger partial charge in [-0.3, -0.25) is 19.4 Å². The standard InChI is InChI=1S/C19H26N6O/c1-3-25-11-14(13(2)23-25)10-24-9-7-16-15(12-24)19(26)22-18(21-16)17-6-4-5-8-20-17/h11H,3-10,12H2,1-2H3,(H,21,22,26). The van der Waals surface area contributed by atoms with Gasteiger partial charge in [-0.1, -0.05) is 0 Å². The van der Waals surface area contributed by atoms with Crippen LogP contribution < -0.4 is 5.56 Å². The predicted octanol–water partition coefficient (Wildman–Crippen LogP) is 1.83. The van der Waals surface area contributed by atoms with E-state index in [9.17, 15) is 4.79 Å². The molecule has 0 aliphatic carbocycles. The van der Waals surface area contributed by atoms with E-state index >= 15 is 0 Å². The third-order valence-corrected chi connectivity index (χ3v) is 5.31. The Bertz CT molecular complexity index is 894. The predicted molar refractivity (Wildman–Crippen MR) is 101 cm³/mol. The fraction of sp³-hybridized carbons (Fsp3) is 0.579. The van der Waals surface area contributed by atoms with Crippen LogP contribution in [0.3, 0.4) is 0 Å². The SMILES string of the molecule is CCn1cc(CN2CCc3nc(C4=NCCCC4)[nH]c(=O)c3C2)c(C)n1. The van der Waals surface area contributed by atoms with Crippen LogP contribution in [0.5, 0.6) is 0 Å². The van der Waals surface area contributed by atoms with Gasteiger partial charge in [-0.15, -0.1) is 0 Å². The summed E-state index contributed by atoms with van der Waals surface area (Å²) in [6, 6.07) is 0. The van der Waals surface area contributed by atoms with Gasteiger partial charge in [0.05, 0.1) is 22.7 Å². The molecule has 2 aromatic rings. The van der Waals surface area contributed by atoms with Gasteiger partial charge in [0.2, 0.25) is 0 Å². The average Bonchev–Trinajstić information content (AvgIpc) is 3.02. The van der Waals surface area contributed by atoms with Crippen LogP contribution in [0.25, 0.3) is 0 Å². The number of fused-ring (bicyclic) bond motifs is 1. The zero-order valence-electron chi connectivity index (χ0n) is 15.6. The van der Waals surface area contributed by atoms with Crippen LogP contribution in [-0.4, -0.2) is 43.4 Å². The molecule has 138 valence electrons. The maximum Gasteiger partial charge on any atom is 0.255 e. The first-order valence-electron chi connectivity index (χ1n) is 9.55. The van der Waals surface area contributed by atoms with Crippen molar-refractivity contribution in [3.63, 3.8) is 0 Å². The summed E-state index contributed by atoms with van der Waals surface area (Å²) < 4.78 is 1.97. The fourth-order valence-electron chi connectivity index (χ4n) is 3.76. The van der Waals surface area contributed by atoms with Gasteiger partial charge in [0.15, 0.2) is 5.82 Å². The van der Waals surface area contributed by atoms with Gasteiger partial charge in [0.25, 0.3) is 5.56 Å². The molecule has 0 fully saturated rings. The topological polar surface area (TPSA) is 79.2 Å². The number of nitrogens with zero attached hydrogens (tertiary/aromatic N) is 5. The molecule has 0 saturated carbocycles. The van der Waals surface area contributed by atoms with E-state index in [4.69, 9.17) is 4.98 Å². The number of aromatic amines is 1. The lowest BCUT2D eigenvalue weighted by Crippen LogP contribution is -2.36. The van der Waals surface area contributed by atoms with Gasteiger partial charge < -0.3 is 4.98 Å². The van der Waals surface area contributed by atoms with Crippen molar-refractivity contribution in [1.29, 1.82) is 0 Å². The molecular formula is C19H26N6O. The molecule has 0 saturated heterocycles. The second-order valence-electron chi connectivity index (χ2n) is 7.18. The highest BCUT2D eigenvalue weighted by atomic mass is 16.1. The van der Waals surface area contributed by atoms with Crippen molar-refractivity contribution in [3.8, 4) is 0 Å². The van der Waals surface area contributed by atoms with Gasteiger partial charge in [0.1, 0.15) is 0 Å². The molecule has 7 nitrogen and oxygen atoms in total. The van der Waals surface area contributed by atoms with Crippen molar-refractivity contribution in [2.75, 3.05) is 13.1 Å². The Labute approximate surface area is 153 Å². The van der Waals surface area contributed by atoms with Crippen molar-refractivity contribution < 1.29 is 0 Å². The Morgan fingerprint density at radius 2 is 2.15 bits per heavy atom. The minimum absolute atomic E-state index is 0.0102. The number of rotatable bonds is 4. The van der Waals surface area contributed by atoms with Gasteiger partial charge in [-0.25, -0.2) is 4.98 Å². The van der Waals surface area contributed by atoms with E-state index in [0.717, 1.165) is 74.5 Å². The number of nitrogens with one attached hydrogen (secondary N) is 1. The van der Waals surface area contributed by atoms with Crippen molar-refractivity contribution >= 4 is 5.71 Å². The highest BCUT2D eigenvalue weighted by molar-refractivity contribution is 5.97. The molecular weight excluding hydrogens is 328 g/mol. The second-order valence-corrected chi connectivity index (χ2v) is 7.18. The van der Waals surface area contributed by atoms with E-state index in [1.165, 1.54) is 5.56 Å². The van der Waals surface area contributed by atoms with Crippen molar-refractivity contribution in [3.05, 3.63) is 44.9 Å². The lowest BCUT2D eigenvalue weighted by molar-refractivity contribution is 0.241. The number of hydrogen-bond donors (Lipinski definition) is 1. The summed E-state index contributed by atoms with van der Waals surface area (Å²) in [4.78, 5) is 27.2. The number of aryl methyl sites for hydroxylation is 2. The molecule has 0 unspecified atom stereocenters. The summed E-state index contributed by atoms with van der Waals surface area (Å²) in [7, 11) is 0. The fourth-order valence-corrected chi connectivity index (χ4v) is 3.76. The van der Waals surface area contributed by atoms with Crippen LogP contribution in [0.4, 0.5) is 0 Å². The molecule has 4 rings (SSSR count). The minimum atomic E-state index is -0.0102. The molecule has 26 heavy (non-hydrogen) atoms. The maximum absolute atomic E-state index is 12.6. The Morgan fingerprint density at radius 1 is 1.27 bits per heavy atom. The van der Waals surface area contributed by atoms with Gasteiger partial charge in [-0.2, -0.15) is 5.10 Å². The summed E-state index contributed by atoms with van der Waals surface area (Å²) in [5.41, 5.74) is 4.99. The van der Waals surface area contributed by atoms with Gasteiger partial charge in [0, 0.05) is 50.9 Å². The highest BCUT2D eigenvalue weighted by Crippen LogP contribution is 2.19. The third kappa shape index (κ3) is 3.35. The number of H-pyrrole nitrogens is 1. The van der Waals surface area contributed by atoms with Crippen LogP contribution in [0.1, 0.15) is 54.5 Å². The smallest absolute Gasteiger partial charge is 0.255 e. The van der Waals surface area contributed by atoms with Crippen LogP contribution in [0, 0.1) is 6.92 Å². The number of aliphatic imine (C=N–C) groups is 1. The van der Waals surface area contributed by atoms with E-state index in [2.05, 4.69) is 33.1 Å². The third-order valence-electron chi connectivity index (χ3n) is 5.31. The lowest BCUT2D eigenvalue weighted by atomic mass is 10.0. The first-order chi connectivity index (χ1) is 12.6. The normalized spacial score (nSPS) is 17.8. The molecule has 4 heterocycles. The maximum atomic E-state index is 12.6. The quantitative estimate of drug-likeness (QED) is 0.908. The summed E-state index contributed by atoms with van der Waals surface area (Å²) >= 11 is 0. The van der Waals surface area contributed by atoms with Crippen molar-refractivity contribution in [2.24, 2.45) is 4.99 Å². The molecule has 2 aromatic heterocycles. The summed E-state index contributed by atoms with van der Waals surface area (Å²) in [6.45, 7) is 8.22. The lowest BCUT2D eigenvalue weighted by Gasteiger charge is -2.27. The number of hydrogen-bond acceptors (Lipinski definition) is 5. The molecule has 0 bridgehead atoms. The summed E-state index contributed by atoms with van der Waals surface area (Å²) in [5.74, 6) is 0.682. The first kappa shape index (κ1) is 17.1. The Kier molecular flexibility index (Phi) is 4.72. The van der Waals surface area contributed by atoms with Crippen molar-refractivity contribution in [2.45, 2.75) is 59.2 Å². The zero-order chi connectivity index (χ0) is 18.1. The first-order valence-corrected chi connectivity index (χ1v) is 9.55. The van der Waals surface area contributed by atoms with Gasteiger partial charge >= 0.3 is 0 Å². The van der Waals surface area contributed by atoms with Crippen LogP contribution in [0.2, 0.25) is 0 Å². The molecule has 1 N–H and O–H groups in total. The average molecular weight is 354 g/mol. The van der Waals surface area contributed by atoms with E-state index < -0.39 is 0 Å². The van der Waals surface area contributed by atoms with E-state index in [1.807, 2.05) is 11.6 Å². The molecule has 0 radical (unpaired) electrons. The Hall–Kier alpha value is -2.28. The summed E-state index contributed by atoms with van der Waals surface area (Å²) in [5, 5.41) is 4.52. The molecule has 2 aliphatic heterocycles. The summed E-state index contributed by atoms with van der Waals surface area (Å²) in [6.07, 6.45) is 6.08. The van der Waals surface area contributed by atoms with Crippen LogP contribution in [-0.2, 0) is 26.1 Å². The molecule has 7 heteroatoms. The second kappa shape index (κ2) is 7.15. The Morgan fingerprint density at radius 3 is 2.88 bits per heavy atom. The Balaban J connectivity index is 1.54. The molecule has 0 atom stereocenters. The molecule has 0 amide bonds. The van der Waals surface area contributed by atoms with Crippen molar-refractivity contribution in [1.82, 2.24) is 24.6 Å². The number of aromatic nitrogens is 4. The molecule has 0 aromatic carbocycles.